The number of carbonyl (C=O) groups excluding carboxylic acids is 3. The molecule has 9 heteroatoms. The van der Waals surface area contributed by atoms with Crippen molar-refractivity contribution in [1.29, 1.82) is 0 Å². The lowest BCUT2D eigenvalue weighted by molar-refractivity contribution is -0.136. The second-order valence-electron chi connectivity index (χ2n) is 7.56. The molecule has 0 saturated carbocycles. The van der Waals surface area contributed by atoms with Crippen LogP contribution in [0.5, 0.6) is 11.5 Å². The number of anilines is 2. The van der Waals surface area contributed by atoms with Crippen LogP contribution in [0.4, 0.5) is 11.4 Å². The third-order valence-electron chi connectivity index (χ3n) is 4.97. The third kappa shape index (κ3) is 7.43. The van der Waals surface area contributed by atoms with Gasteiger partial charge in [0.2, 0.25) is 0 Å². The summed E-state index contributed by atoms with van der Waals surface area (Å²) in [5.41, 5.74) is 5.99. The molecular weight excluding hydrogens is 448 g/mol. The van der Waals surface area contributed by atoms with Crippen LogP contribution < -0.4 is 25.5 Å². The molecule has 0 radical (unpaired) electrons. The van der Waals surface area contributed by atoms with Crippen LogP contribution in [0.1, 0.15) is 16.7 Å². The van der Waals surface area contributed by atoms with Crippen LogP contribution in [0.2, 0.25) is 0 Å². The second kappa shape index (κ2) is 12.0. The highest BCUT2D eigenvalue weighted by Gasteiger charge is 2.13. The number of ether oxygens (including phenoxy) is 2. The van der Waals surface area contributed by atoms with Gasteiger partial charge in [0, 0.05) is 23.0 Å². The van der Waals surface area contributed by atoms with Gasteiger partial charge in [-0.1, -0.05) is 24.3 Å². The van der Waals surface area contributed by atoms with Crippen LogP contribution in [-0.4, -0.2) is 37.7 Å². The molecule has 9 nitrogen and oxygen atoms in total. The first-order valence-electron chi connectivity index (χ1n) is 10.7. The van der Waals surface area contributed by atoms with Gasteiger partial charge in [0.1, 0.15) is 11.5 Å². The Morgan fingerprint density at radius 2 is 1.63 bits per heavy atom. The Morgan fingerprint density at radius 3 is 2.40 bits per heavy atom. The number of nitrogens with zero attached hydrogens (tertiary/aromatic N) is 1. The molecule has 3 rings (SSSR count). The summed E-state index contributed by atoms with van der Waals surface area (Å²) in [4.78, 5) is 36.4. The van der Waals surface area contributed by atoms with Crippen LogP contribution in [-0.2, 0) is 14.4 Å². The minimum absolute atomic E-state index is 0.215. The SMILES string of the molecule is COc1cccc(NC(=O)C(=O)N/N=C\c2ccccc2OCC(=O)Nc2ccc(C)c(C)c2)c1. The van der Waals surface area contributed by atoms with E-state index in [-0.39, 0.29) is 12.5 Å². The number of carbonyl (C=O) groups is 3. The van der Waals surface area contributed by atoms with Gasteiger partial charge >= 0.3 is 11.8 Å². The zero-order chi connectivity index (χ0) is 25.2. The Balaban J connectivity index is 1.53. The highest BCUT2D eigenvalue weighted by molar-refractivity contribution is 6.39. The van der Waals surface area contributed by atoms with E-state index in [1.165, 1.54) is 13.3 Å². The van der Waals surface area contributed by atoms with Gasteiger partial charge in [-0.15, -0.1) is 0 Å². The summed E-state index contributed by atoms with van der Waals surface area (Å²) in [7, 11) is 1.50. The number of hydrogen-bond acceptors (Lipinski definition) is 6. The number of methoxy groups -OCH3 is 1. The molecule has 3 aromatic carbocycles. The van der Waals surface area contributed by atoms with Crippen molar-refractivity contribution in [2.75, 3.05) is 24.4 Å². The minimum Gasteiger partial charge on any atom is -0.497 e. The molecule has 0 heterocycles. The number of hydrazone groups is 1. The molecule has 3 N–H and O–H groups in total. The Morgan fingerprint density at radius 1 is 0.857 bits per heavy atom. The van der Waals surface area contributed by atoms with E-state index in [0.29, 0.717) is 28.4 Å². The van der Waals surface area contributed by atoms with Crippen LogP contribution in [0.25, 0.3) is 0 Å². The highest BCUT2D eigenvalue weighted by Crippen LogP contribution is 2.18. The second-order valence-corrected chi connectivity index (χ2v) is 7.56. The topological polar surface area (TPSA) is 118 Å². The van der Waals surface area contributed by atoms with E-state index in [1.54, 1.807) is 48.5 Å². The fraction of sp³-hybridized carbons (Fsp3) is 0.154. The predicted molar refractivity (Wildman–Crippen MR) is 134 cm³/mol. The van der Waals surface area contributed by atoms with Crippen molar-refractivity contribution in [2.45, 2.75) is 13.8 Å². The Bertz CT molecular complexity index is 1260. The molecule has 0 atom stereocenters. The van der Waals surface area contributed by atoms with Gasteiger partial charge in [0.25, 0.3) is 5.91 Å². The number of nitrogens with one attached hydrogen (secondary N) is 3. The molecule has 0 bridgehead atoms. The first kappa shape index (κ1) is 25.0. The van der Waals surface area contributed by atoms with E-state index in [9.17, 15) is 14.4 Å². The first-order valence-corrected chi connectivity index (χ1v) is 10.7. The molecule has 3 amide bonds. The Labute approximate surface area is 203 Å². The van der Waals surface area contributed by atoms with Crippen molar-refractivity contribution < 1.29 is 23.9 Å². The monoisotopic (exact) mass is 474 g/mol. The average Bonchev–Trinajstić information content (AvgIpc) is 2.85. The van der Waals surface area contributed by atoms with Gasteiger partial charge in [0.05, 0.1) is 13.3 Å². The Hall–Kier alpha value is -4.66. The highest BCUT2D eigenvalue weighted by atomic mass is 16.5. The van der Waals surface area contributed by atoms with E-state index in [1.807, 2.05) is 32.0 Å². The summed E-state index contributed by atoms with van der Waals surface area (Å²) in [5, 5.41) is 9.07. The summed E-state index contributed by atoms with van der Waals surface area (Å²) >= 11 is 0. The van der Waals surface area contributed by atoms with Crippen molar-refractivity contribution in [3.63, 3.8) is 0 Å². The van der Waals surface area contributed by atoms with Crippen molar-refractivity contribution in [2.24, 2.45) is 5.10 Å². The minimum atomic E-state index is -0.949. The number of aryl methyl sites for hydroxylation is 2. The average molecular weight is 475 g/mol. The van der Waals surface area contributed by atoms with Crippen molar-refractivity contribution >= 4 is 35.3 Å². The van der Waals surface area contributed by atoms with Gasteiger partial charge < -0.3 is 20.1 Å². The molecule has 180 valence electrons. The van der Waals surface area contributed by atoms with E-state index < -0.39 is 11.8 Å². The van der Waals surface area contributed by atoms with Gasteiger partial charge in [0.15, 0.2) is 6.61 Å². The zero-order valence-corrected chi connectivity index (χ0v) is 19.6. The maximum Gasteiger partial charge on any atom is 0.329 e. The molecule has 0 unspecified atom stereocenters. The lowest BCUT2D eigenvalue weighted by Crippen LogP contribution is -2.32. The zero-order valence-electron chi connectivity index (χ0n) is 19.6. The number of benzene rings is 3. The molecular formula is C26H26N4O5. The summed E-state index contributed by atoms with van der Waals surface area (Å²) in [5.74, 6) is -1.22. The largest absolute Gasteiger partial charge is 0.497 e. The fourth-order valence-electron chi connectivity index (χ4n) is 2.98. The van der Waals surface area contributed by atoms with Crippen LogP contribution in [0.3, 0.4) is 0 Å². The molecule has 0 aliphatic carbocycles. The fourth-order valence-corrected chi connectivity index (χ4v) is 2.98. The lowest BCUT2D eigenvalue weighted by atomic mass is 10.1. The normalized spacial score (nSPS) is 10.5. The van der Waals surface area contributed by atoms with E-state index >= 15 is 0 Å². The molecule has 35 heavy (non-hydrogen) atoms. The Kier molecular flexibility index (Phi) is 8.55. The number of para-hydroxylation sites is 1. The molecule has 0 saturated heterocycles. The molecule has 0 aliphatic heterocycles. The summed E-state index contributed by atoms with van der Waals surface area (Å²) in [6.07, 6.45) is 1.33. The lowest BCUT2D eigenvalue weighted by Gasteiger charge is -2.10. The molecule has 0 fully saturated rings. The van der Waals surface area contributed by atoms with Crippen LogP contribution in [0, 0.1) is 13.8 Å². The van der Waals surface area contributed by atoms with Gasteiger partial charge in [-0.3, -0.25) is 14.4 Å². The maximum atomic E-state index is 12.3. The summed E-state index contributed by atoms with van der Waals surface area (Å²) in [6.45, 7) is 3.75. The summed E-state index contributed by atoms with van der Waals surface area (Å²) < 4.78 is 10.7. The standard InChI is InChI=1S/C26H26N4O5/c1-17-11-12-21(13-18(17)2)28-24(31)16-35-23-10-5-4-7-19(23)15-27-30-26(33)25(32)29-20-8-6-9-22(14-20)34-3/h4-15H,16H2,1-3H3,(H,28,31)(H,29,32)(H,30,33)/b27-15-. The van der Waals surface area contributed by atoms with Crippen molar-refractivity contribution in [3.8, 4) is 11.5 Å². The molecule has 3 aromatic rings. The summed E-state index contributed by atoms with van der Waals surface area (Å²) in [6, 6.07) is 19.1. The van der Waals surface area contributed by atoms with Crippen molar-refractivity contribution in [3.05, 3.63) is 83.4 Å². The van der Waals surface area contributed by atoms with Crippen LogP contribution in [0.15, 0.2) is 71.8 Å². The van der Waals surface area contributed by atoms with E-state index in [2.05, 4.69) is 21.2 Å². The maximum absolute atomic E-state index is 12.3. The van der Waals surface area contributed by atoms with E-state index in [0.717, 1.165) is 11.1 Å². The molecule has 0 spiro atoms. The van der Waals surface area contributed by atoms with Gasteiger partial charge in [-0.2, -0.15) is 5.10 Å². The van der Waals surface area contributed by atoms with Gasteiger partial charge in [-0.25, -0.2) is 5.43 Å². The number of rotatable bonds is 8. The van der Waals surface area contributed by atoms with E-state index in [4.69, 9.17) is 9.47 Å². The van der Waals surface area contributed by atoms with Crippen LogP contribution >= 0.6 is 0 Å². The number of hydrogen-bond donors (Lipinski definition) is 3. The smallest absolute Gasteiger partial charge is 0.329 e. The predicted octanol–water partition coefficient (Wildman–Crippen LogP) is 3.42. The number of amides is 3. The molecule has 0 aromatic heterocycles. The third-order valence-corrected chi connectivity index (χ3v) is 4.97. The van der Waals surface area contributed by atoms with Gasteiger partial charge in [-0.05, 0) is 61.4 Å². The molecule has 0 aliphatic rings. The first-order chi connectivity index (χ1) is 16.9. The quantitative estimate of drug-likeness (QED) is 0.263. The van der Waals surface area contributed by atoms with Crippen molar-refractivity contribution in [1.82, 2.24) is 5.43 Å².